The van der Waals surface area contributed by atoms with Gasteiger partial charge in [0.05, 0.1) is 6.10 Å². The van der Waals surface area contributed by atoms with Gasteiger partial charge in [0.1, 0.15) is 5.78 Å². The lowest BCUT2D eigenvalue weighted by Gasteiger charge is -2.21. The van der Waals surface area contributed by atoms with Crippen LogP contribution in [-0.2, 0) is 4.79 Å². The first-order valence-corrected chi connectivity index (χ1v) is 5.75. The van der Waals surface area contributed by atoms with E-state index in [0.29, 0.717) is 12.8 Å². The first kappa shape index (κ1) is 12.2. The van der Waals surface area contributed by atoms with Crippen LogP contribution in [0.15, 0.2) is 24.3 Å². The predicted molar refractivity (Wildman–Crippen MR) is 61.5 cm³/mol. The molecule has 1 N–H and O–H groups in total. The van der Waals surface area contributed by atoms with Crippen LogP contribution in [0.2, 0.25) is 0 Å². The predicted octanol–water partition coefficient (Wildman–Crippen LogP) is 2.63. The van der Waals surface area contributed by atoms with Gasteiger partial charge in [0.25, 0.3) is 0 Å². The van der Waals surface area contributed by atoms with Crippen LogP contribution in [0.25, 0.3) is 0 Å². The summed E-state index contributed by atoms with van der Waals surface area (Å²) in [6.07, 6.45) is 11.7. The number of Topliss-reactive ketones (excluding diaryl/α,β-unsaturated/α-hetero) is 1. The minimum Gasteiger partial charge on any atom is -0.393 e. The van der Waals surface area contributed by atoms with E-state index < -0.39 is 6.10 Å². The monoisotopic (exact) mass is 208 g/mol. The topological polar surface area (TPSA) is 37.3 Å². The molecule has 1 fully saturated rings. The number of aliphatic hydroxyl groups is 1. The van der Waals surface area contributed by atoms with E-state index >= 15 is 0 Å². The number of unbranched alkanes of at least 4 members (excludes halogenated alkanes) is 1. The van der Waals surface area contributed by atoms with Gasteiger partial charge in [-0.15, -0.1) is 0 Å². The summed E-state index contributed by atoms with van der Waals surface area (Å²) in [5.74, 6) is 0.411. The van der Waals surface area contributed by atoms with Gasteiger partial charge in [0.15, 0.2) is 0 Å². The fraction of sp³-hybridized carbons (Fsp3) is 0.615. The summed E-state index contributed by atoms with van der Waals surface area (Å²) in [6.45, 7) is 2.14. The first-order valence-electron chi connectivity index (χ1n) is 5.75. The van der Waals surface area contributed by atoms with Crippen molar-refractivity contribution in [1.82, 2.24) is 0 Å². The van der Waals surface area contributed by atoms with Crippen molar-refractivity contribution in [3.05, 3.63) is 24.3 Å². The van der Waals surface area contributed by atoms with Crippen LogP contribution < -0.4 is 0 Å². The summed E-state index contributed by atoms with van der Waals surface area (Å²) in [6, 6.07) is 0. The van der Waals surface area contributed by atoms with Crippen LogP contribution in [0.1, 0.15) is 39.0 Å². The average molecular weight is 208 g/mol. The van der Waals surface area contributed by atoms with Crippen molar-refractivity contribution < 1.29 is 9.90 Å². The highest BCUT2D eigenvalue weighted by molar-refractivity contribution is 5.80. The third-order valence-corrected chi connectivity index (χ3v) is 2.61. The van der Waals surface area contributed by atoms with Gasteiger partial charge in [-0.3, -0.25) is 4.79 Å². The van der Waals surface area contributed by atoms with Gasteiger partial charge in [0.2, 0.25) is 0 Å². The Balaban J connectivity index is 2.34. The number of aliphatic hydroxyl groups excluding tert-OH is 1. The number of carbonyl (C=O) groups excluding carboxylic acids is 1. The average Bonchev–Trinajstić information content (AvgIpc) is 2.16. The molecule has 0 aromatic carbocycles. The van der Waals surface area contributed by atoms with Crippen molar-refractivity contribution in [2.24, 2.45) is 5.92 Å². The minimum absolute atomic E-state index is 0.181. The van der Waals surface area contributed by atoms with Crippen molar-refractivity contribution in [2.75, 3.05) is 0 Å². The molecule has 0 saturated heterocycles. The van der Waals surface area contributed by atoms with E-state index in [-0.39, 0.29) is 11.7 Å². The summed E-state index contributed by atoms with van der Waals surface area (Å²) in [5.41, 5.74) is 0. The third-order valence-electron chi connectivity index (χ3n) is 2.61. The maximum atomic E-state index is 11.2. The molecule has 0 aromatic rings. The largest absolute Gasteiger partial charge is 0.393 e. The fourth-order valence-corrected chi connectivity index (χ4v) is 1.86. The van der Waals surface area contributed by atoms with Crippen LogP contribution in [0, 0.1) is 5.92 Å². The number of allylic oxidation sites excluding steroid dienone is 4. The van der Waals surface area contributed by atoms with E-state index in [1.54, 1.807) is 0 Å². The zero-order chi connectivity index (χ0) is 11.1. The van der Waals surface area contributed by atoms with Gasteiger partial charge in [0, 0.05) is 12.8 Å². The third kappa shape index (κ3) is 4.93. The molecular weight excluding hydrogens is 188 g/mol. The Morgan fingerprint density at radius 3 is 2.87 bits per heavy atom. The Hall–Kier alpha value is -0.890. The van der Waals surface area contributed by atoms with Crippen molar-refractivity contribution in [3.8, 4) is 0 Å². The number of carbonyl (C=O) groups is 1. The van der Waals surface area contributed by atoms with E-state index in [4.69, 9.17) is 0 Å². The van der Waals surface area contributed by atoms with Crippen LogP contribution in [0.5, 0.6) is 0 Å². The molecule has 84 valence electrons. The lowest BCUT2D eigenvalue weighted by molar-refractivity contribution is -0.124. The highest BCUT2D eigenvalue weighted by atomic mass is 16.3. The van der Waals surface area contributed by atoms with Gasteiger partial charge < -0.3 is 5.11 Å². The maximum absolute atomic E-state index is 11.2. The van der Waals surface area contributed by atoms with Gasteiger partial charge in [-0.2, -0.15) is 0 Å². The quantitative estimate of drug-likeness (QED) is 0.721. The molecular formula is C13H20O2. The van der Waals surface area contributed by atoms with E-state index in [1.807, 2.05) is 18.2 Å². The van der Waals surface area contributed by atoms with Crippen molar-refractivity contribution in [2.45, 2.75) is 45.1 Å². The molecule has 2 heteroatoms. The van der Waals surface area contributed by atoms with Crippen molar-refractivity contribution >= 4 is 5.78 Å². The van der Waals surface area contributed by atoms with Gasteiger partial charge in [-0.1, -0.05) is 37.6 Å². The molecule has 1 rings (SSSR count). The van der Waals surface area contributed by atoms with E-state index in [0.717, 1.165) is 19.3 Å². The molecule has 1 aliphatic carbocycles. The molecule has 0 spiro atoms. The molecule has 0 heterocycles. The Bertz CT molecular complexity index is 253. The lowest BCUT2D eigenvalue weighted by Crippen LogP contribution is -2.25. The number of hydrogen-bond donors (Lipinski definition) is 1. The minimum atomic E-state index is -0.430. The Morgan fingerprint density at radius 1 is 1.40 bits per heavy atom. The molecule has 0 aromatic heterocycles. The molecule has 0 bridgehead atoms. The number of ketones is 1. The SMILES string of the molecule is CCC/C=C/C=C/[C@H]1CC(=O)C[C@@H](O)C1. The van der Waals surface area contributed by atoms with Crippen LogP contribution in [0.4, 0.5) is 0 Å². The van der Waals surface area contributed by atoms with Gasteiger partial charge >= 0.3 is 0 Å². The zero-order valence-electron chi connectivity index (χ0n) is 9.36. The highest BCUT2D eigenvalue weighted by Gasteiger charge is 2.23. The maximum Gasteiger partial charge on any atom is 0.136 e. The summed E-state index contributed by atoms with van der Waals surface area (Å²) < 4.78 is 0. The smallest absolute Gasteiger partial charge is 0.136 e. The normalized spacial score (nSPS) is 28.0. The van der Waals surface area contributed by atoms with Crippen LogP contribution in [0.3, 0.4) is 0 Å². The fourth-order valence-electron chi connectivity index (χ4n) is 1.86. The molecule has 0 amide bonds. The van der Waals surface area contributed by atoms with E-state index in [2.05, 4.69) is 13.0 Å². The summed E-state index contributed by atoms with van der Waals surface area (Å²) in [4.78, 5) is 11.2. The van der Waals surface area contributed by atoms with Gasteiger partial charge in [-0.25, -0.2) is 0 Å². The van der Waals surface area contributed by atoms with Gasteiger partial charge in [-0.05, 0) is 18.8 Å². The second-order valence-electron chi connectivity index (χ2n) is 4.20. The second kappa shape index (κ2) is 6.57. The summed E-state index contributed by atoms with van der Waals surface area (Å²) in [5, 5.41) is 9.42. The summed E-state index contributed by atoms with van der Waals surface area (Å²) >= 11 is 0. The van der Waals surface area contributed by atoms with E-state index in [9.17, 15) is 9.90 Å². The standard InChI is InChI=1S/C13H20O2/c1-2-3-4-5-6-7-11-8-12(14)10-13(15)9-11/h4-7,11-12,14H,2-3,8-10H2,1H3/b5-4+,7-6+/t11-,12+/m1/s1. The molecule has 15 heavy (non-hydrogen) atoms. The van der Waals surface area contributed by atoms with E-state index in [1.165, 1.54) is 0 Å². The Kier molecular flexibility index (Phi) is 5.33. The molecule has 0 aliphatic heterocycles. The lowest BCUT2D eigenvalue weighted by atomic mass is 9.86. The first-order chi connectivity index (χ1) is 7.22. The van der Waals surface area contributed by atoms with Crippen molar-refractivity contribution in [1.29, 1.82) is 0 Å². The summed E-state index contributed by atoms with van der Waals surface area (Å²) in [7, 11) is 0. The molecule has 1 saturated carbocycles. The molecule has 1 aliphatic rings. The second-order valence-corrected chi connectivity index (χ2v) is 4.20. The number of rotatable bonds is 4. The van der Waals surface area contributed by atoms with Crippen LogP contribution in [-0.4, -0.2) is 17.0 Å². The number of hydrogen-bond acceptors (Lipinski definition) is 2. The molecule has 0 unspecified atom stereocenters. The zero-order valence-corrected chi connectivity index (χ0v) is 9.36. The highest BCUT2D eigenvalue weighted by Crippen LogP contribution is 2.22. The Labute approximate surface area is 91.7 Å². The Morgan fingerprint density at radius 2 is 2.20 bits per heavy atom. The molecule has 2 nitrogen and oxygen atoms in total. The molecule has 0 radical (unpaired) electrons. The van der Waals surface area contributed by atoms with Crippen LogP contribution >= 0.6 is 0 Å². The molecule has 2 atom stereocenters. The van der Waals surface area contributed by atoms with Crippen molar-refractivity contribution in [3.63, 3.8) is 0 Å².